The number of nitrogens with zero attached hydrogens (tertiary/aromatic N) is 2. The summed E-state index contributed by atoms with van der Waals surface area (Å²) in [5.74, 6) is 0.898. The van der Waals surface area contributed by atoms with Crippen molar-refractivity contribution >= 4 is 5.95 Å². The van der Waals surface area contributed by atoms with Crippen LogP contribution in [0.25, 0.3) is 0 Å². The molecule has 0 spiro atoms. The number of nitrogens with one attached hydrogen (secondary N) is 1. The van der Waals surface area contributed by atoms with E-state index in [1.165, 1.54) is 0 Å². The molecule has 80 valence electrons. The Hall–Kier alpha value is -1.03. The van der Waals surface area contributed by atoms with Crippen LogP contribution in [0.1, 0.15) is 19.5 Å². The average molecular weight is 197 g/mol. The molecule has 4 heteroatoms. The van der Waals surface area contributed by atoms with Crippen LogP contribution >= 0.6 is 0 Å². The van der Waals surface area contributed by atoms with E-state index in [1.54, 1.807) is 0 Å². The molecule has 0 atom stereocenters. The summed E-state index contributed by atoms with van der Waals surface area (Å²) in [7, 11) is 1.98. The summed E-state index contributed by atoms with van der Waals surface area (Å²) in [6, 6.07) is 0. The first-order valence-electron chi connectivity index (χ1n) is 4.95. The van der Waals surface area contributed by atoms with Gasteiger partial charge >= 0.3 is 0 Å². The Bertz CT molecular complexity index is 281. The molecule has 4 nitrogen and oxygen atoms in total. The second-order valence-electron chi connectivity index (χ2n) is 3.66. The lowest BCUT2D eigenvalue weighted by Crippen LogP contribution is -2.15. The molecule has 0 fully saturated rings. The summed E-state index contributed by atoms with van der Waals surface area (Å²) in [6.45, 7) is 7.55. The maximum Gasteiger partial charge on any atom is 0.202 e. The van der Waals surface area contributed by atoms with Crippen LogP contribution < -0.4 is 5.32 Å². The lowest BCUT2D eigenvalue weighted by Gasteiger charge is -2.08. The minimum atomic E-state index is 0.292. The third kappa shape index (κ3) is 3.38. The zero-order valence-corrected chi connectivity index (χ0v) is 9.37. The van der Waals surface area contributed by atoms with Crippen molar-refractivity contribution in [1.29, 1.82) is 0 Å². The number of aryl methyl sites for hydroxylation is 2. The van der Waals surface area contributed by atoms with E-state index in [9.17, 15) is 0 Å². The zero-order valence-electron chi connectivity index (χ0n) is 9.37. The molecule has 0 aromatic carbocycles. The predicted octanol–water partition coefficient (Wildman–Crippen LogP) is 1.57. The molecule has 0 saturated heterocycles. The Morgan fingerprint density at radius 2 is 2.29 bits per heavy atom. The van der Waals surface area contributed by atoms with Crippen molar-refractivity contribution in [2.24, 2.45) is 7.05 Å². The van der Waals surface area contributed by atoms with Crippen LogP contribution in [0.5, 0.6) is 0 Å². The van der Waals surface area contributed by atoms with Gasteiger partial charge in [0.05, 0.1) is 18.4 Å². The van der Waals surface area contributed by atoms with E-state index in [0.717, 1.165) is 18.2 Å². The molecule has 0 unspecified atom stereocenters. The number of aromatic nitrogens is 2. The van der Waals surface area contributed by atoms with Gasteiger partial charge in [-0.05, 0) is 20.8 Å². The molecule has 0 radical (unpaired) electrons. The zero-order chi connectivity index (χ0) is 10.6. The van der Waals surface area contributed by atoms with E-state index in [4.69, 9.17) is 4.74 Å². The van der Waals surface area contributed by atoms with Crippen LogP contribution in [0.15, 0.2) is 6.20 Å². The highest BCUT2D eigenvalue weighted by atomic mass is 16.5. The standard InChI is InChI=1S/C10H19N3O/c1-8(2)14-6-5-11-10-12-9(3)7-13(10)4/h7-8H,5-6H2,1-4H3,(H,11,12). The normalized spacial score (nSPS) is 10.9. The molecule has 0 amide bonds. The van der Waals surface area contributed by atoms with E-state index in [2.05, 4.69) is 10.3 Å². The van der Waals surface area contributed by atoms with Gasteiger partial charge in [0.2, 0.25) is 5.95 Å². The fraction of sp³-hybridized carbons (Fsp3) is 0.700. The maximum absolute atomic E-state index is 5.41. The van der Waals surface area contributed by atoms with Crippen molar-refractivity contribution in [3.63, 3.8) is 0 Å². The Morgan fingerprint density at radius 1 is 1.57 bits per heavy atom. The van der Waals surface area contributed by atoms with E-state index < -0.39 is 0 Å². The van der Waals surface area contributed by atoms with Crippen molar-refractivity contribution in [3.8, 4) is 0 Å². The summed E-state index contributed by atoms with van der Waals surface area (Å²) < 4.78 is 7.39. The van der Waals surface area contributed by atoms with Gasteiger partial charge in [-0.25, -0.2) is 4.98 Å². The molecule has 0 bridgehead atoms. The molecular weight excluding hydrogens is 178 g/mol. The Morgan fingerprint density at radius 3 is 2.79 bits per heavy atom. The van der Waals surface area contributed by atoms with Crippen LogP contribution in [-0.2, 0) is 11.8 Å². The molecule has 1 heterocycles. The van der Waals surface area contributed by atoms with Crippen LogP contribution in [0.2, 0.25) is 0 Å². The summed E-state index contributed by atoms with van der Waals surface area (Å²) >= 11 is 0. The third-order valence-corrected chi connectivity index (χ3v) is 1.83. The molecule has 1 rings (SSSR count). The lowest BCUT2D eigenvalue weighted by atomic mass is 10.5. The average Bonchev–Trinajstić information content (AvgIpc) is 2.39. The fourth-order valence-electron chi connectivity index (χ4n) is 1.24. The van der Waals surface area contributed by atoms with Crippen molar-refractivity contribution in [2.75, 3.05) is 18.5 Å². The molecule has 0 saturated carbocycles. The van der Waals surface area contributed by atoms with Crippen molar-refractivity contribution in [1.82, 2.24) is 9.55 Å². The van der Waals surface area contributed by atoms with E-state index in [-0.39, 0.29) is 0 Å². The minimum Gasteiger partial charge on any atom is -0.377 e. The molecule has 1 aromatic rings. The SMILES string of the molecule is Cc1cn(C)c(NCCOC(C)C)n1. The van der Waals surface area contributed by atoms with Gasteiger partial charge in [-0.2, -0.15) is 0 Å². The second-order valence-corrected chi connectivity index (χ2v) is 3.66. The molecular formula is C10H19N3O. The highest BCUT2D eigenvalue weighted by molar-refractivity contribution is 5.27. The molecule has 0 aliphatic heterocycles. The van der Waals surface area contributed by atoms with Crippen molar-refractivity contribution in [2.45, 2.75) is 26.9 Å². The van der Waals surface area contributed by atoms with Gasteiger partial charge in [0.15, 0.2) is 0 Å². The molecule has 1 N–H and O–H groups in total. The minimum absolute atomic E-state index is 0.292. The maximum atomic E-state index is 5.41. The van der Waals surface area contributed by atoms with Crippen LogP contribution in [0.4, 0.5) is 5.95 Å². The molecule has 1 aromatic heterocycles. The van der Waals surface area contributed by atoms with Crippen LogP contribution in [0.3, 0.4) is 0 Å². The summed E-state index contributed by atoms with van der Waals surface area (Å²) in [4.78, 5) is 4.32. The lowest BCUT2D eigenvalue weighted by molar-refractivity contribution is 0.0869. The van der Waals surface area contributed by atoms with Gasteiger partial charge in [-0.15, -0.1) is 0 Å². The largest absolute Gasteiger partial charge is 0.377 e. The molecule has 0 aliphatic carbocycles. The third-order valence-electron chi connectivity index (χ3n) is 1.83. The second kappa shape index (κ2) is 5.00. The number of anilines is 1. The number of hydrogen-bond acceptors (Lipinski definition) is 3. The molecule has 0 aliphatic rings. The Balaban J connectivity index is 2.28. The quantitative estimate of drug-likeness (QED) is 0.728. The van der Waals surface area contributed by atoms with E-state index >= 15 is 0 Å². The highest BCUT2D eigenvalue weighted by Crippen LogP contribution is 2.04. The van der Waals surface area contributed by atoms with Gasteiger partial charge in [0, 0.05) is 19.8 Å². The first-order chi connectivity index (χ1) is 6.59. The highest BCUT2D eigenvalue weighted by Gasteiger charge is 2.00. The van der Waals surface area contributed by atoms with E-state index in [0.29, 0.717) is 12.7 Å². The fourth-order valence-corrected chi connectivity index (χ4v) is 1.24. The topological polar surface area (TPSA) is 39.1 Å². The molecule has 14 heavy (non-hydrogen) atoms. The Labute approximate surface area is 85.3 Å². The van der Waals surface area contributed by atoms with Crippen LogP contribution in [-0.4, -0.2) is 28.8 Å². The smallest absolute Gasteiger partial charge is 0.202 e. The summed E-state index contributed by atoms with van der Waals surface area (Å²) in [6.07, 6.45) is 2.28. The Kier molecular flexibility index (Phi) is 3.95. The van der Waals surface area contributed by atoms with Crippen LogP contribution in [0, 0.1) is 6.92 Å². The summed E-state index contributed by atoms with van der Waals surface area (Å²) in [5.41, 5.74) is 1.03. The van der Waals surface area contributed by atoms with Gasteiger partial charge in [-0.3, -0.25) is 0 Å². The van der Waals surface area contributed by atoms with Gasteiger partial charge in [0.1, 0.15) is 0 Å². The monoisotopic (exact) mass is 197 g/mol. The van der Waals surface area contributed by atoms with E-state index in [1.807, 2.05) is 38.6 Å². The predicted molar refractivity (Wildman–Crippen MR) is 57.5 cm³/mol. The number of hydrogen-bond donors (Lipinski definition) is 1. The van der Waals surface area contributed by atoms with Crippen molar-refractivity contribution < 1.29 is 4.74 Å². The van der Waals surface area contributed by atoms with Gasteiger partial charge < -0.3 is 14.6 Å². The first-order valence-corrected chi connectivity index (χ1v) is 4.95. The summed E-state index contributed by atoms with van der Waals surface area (Å²) in [5, 5.41) is 3.22. The van der Waals surface area contributed by atoms with Crippen molar-refractivity contribution in [3.05, 3.63) is 11.9 Å². The first kappa shape index (κ1) is 11.0. The van der Waals surface area contributed by atoms with Gasteiger partial charge in [0.25, 0.3) is 0 Å². The number of imidazole rings is 1. The number of rotatable bonds is 5. The number of ether oxygens (including phenoxy) is 1. The van der Waals surface area contributed by atoms with Gasteiger partial charge in [-0.1, -0.05) is 0 Å².